The van der Waals surface area contributed by atoms with Gasteiger partial charge in [-0.15, -0.1) is 0 Å². The zero-order chi connectivity index (χ0) is 23.2. The zero-order valence-electron chi connectivity index (χ0n) is 18.2. The number of ether oxygens (including phenoxy) is 1. The summed E-state index contributed by atoms with van der Waals surface area (Å²) in [5, 5.41) is 11.4. The first-order valence-corrected chi connectivity index (χ1v) is 12.1. The Morgan fingerprint density at radius 2 is 1.76 bits per heavy atom. The van der Waals surface area contributed by atoms with Gasteiger partial charge in [0.05, 0.1) is 12.1 Å². The summed E-state index contributed by atoms with van der Waals surface area (Å²) in [6, 6.07) is 5.28. The fourth-order valence-electron chi connectivity index (χ4n) is 3.80. The van der Waals surface area contributed by atoms with E-state index in [4.69, 9.17) is 16.3 Å². The number of amides is 2. The van der Waals surface area contributed by atoms with Gasteiger partial charge < -0.3 is 20.7 Å². The van der Waals surface area contributed by atoms with Crippen LogP contribution in [0.25, 0.3) is 0 Å². The van der Waals surface area contributed by atoms with Crippen LogP contribution in [0.3, 0.4) is 0 Å². The number of carbonyl (C=O) groups excluding carboxylic acids is 2. The van der Waals surface area contributed by atoms with Gasteiger partial charge in [-0.1, -0.05) is 30.9 Å². The van der Waals surface area contributed by atoms with Crippen molar-refractivity contribution >= 4 is 58.0 Å². The second-order valence-corrected chi connectivity index (χ2v) is 9.51. The zero-order valence-corrected chi connectivity index (χ0v) is 19.8. The molecule has 1 aromatic heterocycles. The van der Waals surface area contributed by atoms with Gasteiger partial charge in [0, 0.05) is 18.8 Å². The average molecular weight is 492 g/mol. The average Bonchev–Trinajstić information content (AvgIpc) is 3.14. The number of hydrogen-bond donors (Lipinski definition) is 4. The first-order chi connectivity index (χ1) is 16.0. The van der Waals surface area contributed by atoms with Crippen molar-refractivity contribution in [1.82, 2.24) is 20.3 Å². The molecule has 176 valence electrons. The van der Waals surface area contributed by atoms with E-state index in [0.29, 0.717) is 40.2 Å². The lowest BCUT2D eigenvalue weighted by Gasteiger charge is -2.22. The number of anilines is 4. The number of nitrogens with one attached hydrogen (secondary N) is 4. The molecule has 1 saturated carbocycles. The van der Waals surface area contributed by atoms with Crippen molar-refractivity contribution in [1.29, 1.82) is 0 Å². The molecule has 1 unspecified atom stereocenters. The van der Waals surface area contributed by atoms with Crippen LogP contribution in [0.2, 0.25) is 5.02 Å². The normalized spacial score (nSPS) is 18.7. The maximum atomic E-state index is 11.8. The summed E-state index contributed by atoms with van der Waals surface area (Å²) in [5.41, 5.74) is 0.688. The van der Waals surface area contributed by atoms with Gasteiger partial charge in [0.25, 0.3) is 5.24 Å². The lowest BCUT2D eigenvalue weighted by atomic mass is 9.89. The van der Waals surface area contributed by atoms with Gasteiger partial charge in [-0.2, -0.15) is 15.0 Å². The van der Waals surface area contributed by atoms with Crippen LogP contribution < -0.4 is 26.0 Å². The topological polar surface area (TPSA) is 130 Å². The predicted octanol–water partition coefficient (Wildman–Crippen LogP) is 4.03. The summed E-state index contributed by atoms with van der Waals surface area (Å²) in [4.78, 5) is 36.6. The van der Waals surface area contributed by atoms with Crippen LogP contribution in [0.1, 0.15) is 32.1 Å². The molecule has 0 bridgehead atoms. The van der Waals surface area contributed by atoms with Gasteiger partial charge in [-0.25, -0.2) is 0 Å². The van der Waals surface area contributed by atoms with E-state index in [1.54, 1.807) is 19.2 Å². The van der Waals surface area contributed by atoms with Crippen LogP contribution in [0.15, 0.2) is 18.2 Å². The minimum atomic E-state index is -0.537. The van der Waals surface area contributed by atoms with Gasteiger partial charge in [0.15, 0.2) is 0 Å². The van der Waals surface area contributed by atoms with Crippen LogP contribution in [-0.2, 0) is 4.79 Å². The molecule has 1 aliphatic carbocycles. The highest BCUT2D eigenvalue weighted by Crippen LogP contribution is 2.29. The molecule has 0 spiro atoms. The van der Waals surface area contributed by atoms with E-state index in [1.807, 2.05) is 6.07 Å². The number of imide groups is 1. The molecular weight excluding hydrogens is 466 g/mol. The molecule has 1 aliphatic heterocycles. The molecule has 1 atom stereocenters. The summed E-state index contributed by atoms with van der Waals surface area (Å²) in [7, 11) is 1.55. The van der Waals surface area contributed by atoms with Crippen molar-refractivity contribution in [2.45, 2.75) is 37.4 Å². The van der Waals surface area contributed by atoms with E-state index in [9.17, 15) is 9.59 Å². The summed E-state index contributed by atoms with van der Waals surface area (Å²) < 4.78 is 5.20. The summed E-state index contributed by atoms with van der Waals surface area (Å²) in [5.74, 6) is 1.88. The number of rotatable bonds is 9. The van der Waals surface area contributed by atoms with Crippen molar-refractivity contribution in [2.24, 2.45) is 5.92 Å². The number of aromatic nitrogens is 3. The first-order valence-electron chi connectivity index (χ1n) is 10.9. The second-order valence-electron chi connectivity index (χ2n) is 7.93. The standard InChI is InChI=1S/C21H26ClN7O3S/c1-32-15-8-7-13(9-14(15)22)25-20-28-18(23-10-12-5-3-2-4-6-12)27-19(29-20)24-11-16-17(30)26-21(31)33-16/h7-9,12,16H,2-6,10-11H2,1H3,(H,26,30,31)(H3,23,24,25,27,28,29). The van der Waals surface area contributed by atoms with Gasteiger partial charge in [-0.05, 0) is 48.7 Å². The SMILES string of the molecule is COc1ccc(Nc2nc(NCC3CCCCC3)nc(NCC3SC(=O)NC3=O)n2)cc1Cl. The van der Waals surface area contributed by atoms with Crippen LogP contribution in [-0.4, -0.2) is 51.5 Å². The molecule has 2 fully saturated rings. The van der Waals surface area contributed by atoms with E-state index >= 15 is 0 Å². The Bertz CT molecular complexity index is 1020. The highest BCUT2D eigenvalue weighted by Gasteiger charge is 2.31. The molecule has 0 radical (unpaired) electrons. The highest BCUT2D eigenvalue weighted by atomic mass is 35.5. The van der Waals surface area contributed by atoms with Gasteiger partial charge >= 0.3 is 0 Å². The van der Waals surface area contributed by atoms with E-state index in [1.165, 1.54) is 32.1 Å². The lowest BCUT2D eigenvalue weighted by Crippen LogP contribution is -2.29. The number of thioether (sulfide) groups is 1. The number of nitrogens with zero attached hydrogens (tertiary/aromatic N) is 3. The third-order valence-corrected chi connectivity index (χ3v) is 6.81. The smallest absolute Gasteiger partial charge is 0.286 e. The number of carbonyl (C=O) groups is 2. The molecule has 2 amide bonds. The molecule has 2 aromatic rings. The van der Waals surface area contributed by atoms with Gasteiger partial charge in [0.2, 0.25) is 23.8 Å². The third-order valence-electron chi connectivity index (χ3n) is 5.53. The summed E-state index contributed by atoms with van der Waals surface area (Å²) >= 11 is 7.18. The predicted molar refractivity (Wildman–Crippen MR) is 130 cm³/mol. The maximum Gasteiger partial charge on any atom is 0.286 e. The Balaban J connectivity index is 1.49. The summed E-state index contributed by atoms with van der Waals surface area (Å²) in [6.07, 6.45) is 6.19. The number of hydrogen-bond acceptors (Lipinski definition) is 10. The quantitative estimate of drug-likeness (QED) is 0.407. The Kier molecular flexibility index (Phi) is 7.71. The molecule has 4 N–H and O–H groups in total. The molecule has 4 rings (SSSR count). The van der Waals surface area contributed by atoms with Gasteiger partial charge in [-0.3, -0.25) is 14.9 Å². The molecule has 12 heteroatoms. The fourth-order valence-corrected chi connectivity index (χ4v) is 4.81. The van der Waals surface area contributed by atoms with Crippen LogP contribution >= 0.6 is 23.4 Å². The van der Waals surface area contributed by atoms with E-state index in [0.717, 1.165) is 18.3 Å². The monoisotopic (exact) mass is 491 g/mol. The van der Waals surface area contributed by atoms with Crippen molar-refractivity contribution < 1.29 is 14.3 Å². The number of methoxy groups -OCH3 is 1. The van der Waals surface area contributed by atoms with Crippen molar-refractivity contribution in [2.75, 3.05) is 36.1 Å². The first kappa shape index (κ1) is 23.4. The van der Waals surface area contributed by atoms with Crippen LogP contribution in [0, 0.1) is 5.92 Å². The largest absolute Gasteiger partial charge is 0.495 e. The molecule has 33 heavy (non-hydrogen) atoms. The van der Waals surface area contributed by atoms with Crippen molar-refractivity contribution in [3.8, 4) is 5.75 Å². The Morgan fingerprint density at radius 3 is 2.39 bits per heavy atom. The van der Waals surface area contributed by atoms with Crippen molar-refractivity contribution in [3.63, 3.8) is 0 Å². The molecule has 1 aromatic carbocycles. The Morgan fingerprint density at radius 1 is 1.06 bits per heavy atom. The van der Waals surface area contributed by atoms with Crippen molar-refractivity contribution in [3.05, 3.63) is 23.2 Å². The Labute approximate surface area is 201 Å². The van der Waals surface area contributed by atoms with Gasteiger partial charge in [0.1, 0.15) is 11.0 Å². The third kappa shape index (κ3) is 6.38. The van der Waals surface area contributed by atoms with Crippen LogP contribution in [0.5, 0.6) is 5.75 Å². The molecule has 2 aliphatic rings. The van der Waals surface area contributed by atoms with Crippen LogP contribution in [0.4, 0.5) is 28.3 Å². The van der Waals surface area contributed by atoms with E-state index in [-0.39, 0.29) is 17.7 Å². The molecule has 10 nitrogen and oxygen atoms in total. The minimum absolute atomic E-state index is 0.210. The molecular formula is C21H26ClN7O3S. The lowest BCUT2D eigenvalue weighted by molar-refractivity contribution is -0.118. The second kappa shape index (κ2) is 10.9. The number of benzene rings is 1. The molecule has 1 saturated heterocycles. The Hall–Kier alpha value is -2.79. The van der Waals surface area contributed by atoms with E-state index < -0.39 is 5.25 Å². The summed E-state index contributed by atoms with van der Waals surface area (Å²) in [6.45, 7) is 0.995. The fraction of sp³-hybridized carbons (Fsp3) is 0.476. The van der Waals surface area contributed by atoms with E-state index in [2.05, 4.69) is 36.2 Å². The minimum Gasteiger partial charge on any atom is -0.495 e. The maximum absolute atomic E-state index is 11.8. The number of halogens is 1. The molecule has 2 heterocycles. The highest BCUT2D eigenvalue weighted by molar-refractivity contribution is 8.15.